The molecule has 0 heterocycles. The van der Waals surface area contributed by atoms with Crippen LogP contribution in [0.2, 0.25) is 0 Å². The van der Waals surface area contributed by atoms with E-state index in [1.54, 1.807) is 0 Å². The summed E-state index contributed by atoms with van der Waals surface area (Å²) in [4.78, 5) is 0. The van der Waals surface area contributed by atoms with Crippen LogP contribution in [0.1, 0.15) is 0 Å². The van der Waals surface area contributed by atoms with Crippen molar-refractivity contribution >= 4 is 0 Å². The van der Waals surface area contributed by atoms with Gasteiger partial charge in [-0.15, -0.1) is 0 Å². The molecule has 0 aromatic rings. The summed E-state index contributed by atoms with van der Waals surface area (Å²) < 4.78 is 0. The van der Waals surface area contributed by atoms with Crippen molar-refractivity contribution < 1.29 is 390 Å². The first kappa shape index (κ1) is 1250. The van der Waals surface area contributed by atoms with Gasteiger partial charge in [-0.25, -0.2) is 0 Å². The maximum Gasteiger partial charge on any atom is 4.00 e. The molecule has 0 aromatic carbocycles. The van der Waals surface area contributed by atoms with Gasteiger partial charge in [-0.2, -0.15) is 0 Å². The molecule has 0 aliphatic rings. The molecule has 272 valence electrons. The Labute approximate surface area is 526 Å². The zero-order valence-electron chi connectivity index (χ0n) is 17.8. The van der Waals surface area contributed by atoms with Gasteiger partial charge >= 0.3 is 390 Å². The first-order valence-corrected chi connectivity index (χ1v) is 0. The zero-order chi connectivity index (χ0) is 0. The van der Waals surface area contributed by atoms with Crippen LogP contribution in [0.3, 0.4) is 0 Å². The Morgan fingerprint density at radius 1 is 0.0455 bits per heavy atom. The summed E-state index contributed by atoms with van der Waals surface area (Å²) in [5.74, 6) is 0. The number of nitrogens with zero attached hydrogens (tertiary/aromatic N) is 24. The Kier molecular flexibility index (Phi) is 33400. The zero-order valence-corrected chi connectivity index (χ0v) is 52.6. The van der Waals surface area contributed by atoms with Gasteiger partial charge in [0.15, 0.2) is 0 Å². The van der Waals surface area contributed by atoms with Gasteiger partial charge in [0, 0.05) is 0 Å². The van der Waals surface area contributed by atoms with Crippen molar-refractivity contribution in [2.24, 2.45) is 0 Å². The van der Waals surface area contributed by atoms with E-state index in [9.17, 15) is 0 Å². The first-order valence-electron chi connectivity index (χ1n) is 0. The van der Waals surface area contributed by atoms with E-state index >= 15 is 0 Å². The van der Waals surface area contributed by atoms with Crippen molar-refractivity contribution in [1.29, 1.82) is 0 Å². The van der Waals surface area contributed by atoms with Gasteiger partial charge in [-0.3, -0.25) is 0 Å². The summed E-state index contributed by atoms with van der Waals surface area (Å²) in [6, 6.07) is 0. The minimum absolute atomic E-state index is 0. The summed E-state index contributed by atoms with van der Waals surface area (Å²) in [7, 11) is 0. The van der Waals surface area contributed by atoms with Crippen LogP contribution in [0.5, 0.6) is 0 Å². The molecule has 0 amide bonds. The van der Waals surface area contributed by atoms with Gasteiger partial charge in [-0.1, -0.05) is 0 Å². The second-order valence-corrected chi connectivity index (χ2v) is 0. The van der Waals surface area contributed by atoms with Gasteiger partial charge in [0.05, 0.1) is 0 Å². The van der Waals surface area contributed by atoms with E-state index < -0.39 is 0 Å². The fraction of sp³-hybridized carbons (Fsp3) is 0. The van der Waals surface area contributed by atoms with Crippen LogP contribution in [-0.2, 0) is 390 Å². The van der Waals surface area contributed by atoms with Crippen LogP contribution in [0, 0.1) is 0 Å². The molecule has 24 nitrogen and oxygen atoms in total. The summed E-state index contributed by atoms with van der Waals surface area (Å²) >= 11 is 0. The van der Waals surface area contributed by atoms with Gasteiger partial charge in [0.2, 0.25) is 0 Å². The monoisotopic (exact) mass is 2370 g/mol. The number of hydrogen-bond donors (Lipinski definition) is 0. The Morgan fingerprint density at radius 2 is 0.0455 bits per heavy atom. The van der Waals surface area contributed by atoms with Crippen LogP contribution < -0.4 is 0 Å². The number of rotatable bonds is 0. The summed E-state index contributed by atoms with van der Waals surface area (Å²) in [6.07, 6.45) is 0. The van der Waals surface area contributed by atoms with Crippen LogP contribution in [0.25, 0.3) is 148 Å². The molecule has 0 fully saturated rings. The molecule has 0 aliphatic heterocycles. The normalized spacial score (nSPS) is 0. The maximum atomic E-state index is 0. The molecular weight excluding hydrogens is 2360 g/mol. The molecule has 0 spiro atoms. The van der Waals surface area contributed by atoms with E-state index in [2.05, 4.69) is 0 Å². The van der Waals surface area contributed by atoms with E-state index in [1.807, 2.05) is 0 Å². The van der Waals surface area contributed by atoms with Gasteiger partial charge < -0.3 is 148 Å². The smallest absolute Gasteiger partial charge is 3.00 e. The van der Waals surface area contributed by atoms with E-state index in [1.165, 1.54) is 0 Å². The second kappa shape index (κ2) is 1180. The standard InChI is InChI=1S/24N.20Ru/q24*-3;20*+4. The second-order valence-electron chi connectivity index (χ2n) is 0. The predicted octanol–water partition coefficient (Wildman–Crippen LogP) is 6.88. The molecule has 0 saturated heterocycles. The van der Waals surface area contributed by atoms with Crippen molar-refractivity contribution in [2.75, 3.05) is 0 Å². The Morgan fingerprint density at radius 3 is 0.0455 bits per heavy atom. The molecule has 0 atom stereocenters. The third-order valence-corrected chi connectivity index (χ3v) is 0. The van der Waals surface area contributed by atoms with E-state index in [0.717, 1.165) is 0 Å². The molecule has 0 radical (unpaired) electrons. The largest absolute Gasteiger partial charge is 4.00 e. The molecule has 0 bridgehead atoms. The van der Waals surface area contributed by atoms with Gasteiger partial charge in [0.25, 0.3) is 0 Å². The van der Waals surface area contributed by atoms with Gasteiger partial charge in [-0.05, 0) is 0 Å². The number of hydrogen-bond acceptors (Lipinski definition) is 0. The Hall–Kier alpha value is 11.5. The fourth-order valence-corrected chi connectivity index (χ4v) is 0. The fourth-order valence-electron chi connectivity index (χ4n) is 0. The minimum atomic E-state index is 0. The van der Waals surface area contributed by atoms with Crippen LogP contribution in [-0.4, -0.2) is 0 Å². The quantitative estimate of drug-likeness (QED) is 0.224. The Balaban J connectivity index is 0. The first-order chi connectivity index (χ1) is 0. The molecule has 0 aromatic heterocycles. The van der Waals surface area contributed by atoms with Crippen molar-refractivity contribution in [3.8, 4) is 0 Å². The van der Waals surface area contributed by atoms with Crippen molar-refractivity contribution in [3.05, 3.63) is 148 Å². The molecule has 44 heavy (non-hydrogen) atoms. The van der Waals surface area contributed by atoms with Crippen molar-refractivity contribution in [3.63, 3.8) is 0 Å². The summed E-state index contributed by atoms with van der Waals surface area (Å²) in [5, 5.41) is 0. The molecule has 0 rings (SSSR count). The molecular formula is N24Ru20+8. The van der Waals surface area contributed by atoms with Crippen LogP contribution in [0.15, 0.2) is 0 Å². The molecule has 0 saturated carbocycles. The third-order valence-electron chi connectivity index (χ3n) is 0. The summed E-state index contributed by atoms with van der Waals surface area (Å²) in [6.45, 7) is 0. The minimum Gasteiger partial charge on any atom is -3.00 e. The van der Waals surface area contributed by atoms with Crippen LogP contribution in [0.4, 0.5) is 0 Å². The molecule has 44 heteroatoms. The van der Waals surface area contributed by atoms with E-state index in [0.29, 0.717) is 0 Å². The Bertz CT molecular complexity index is 43.7. The van der Waals surface area contributed by atoms with E-state index in [4.69, 9.17) is 0 Å². The topological polar surface area (TPSA) is 732 Å². The van der Waals surface area contributed by atoms with Gasteiger partial charge in [0.1, 0.15) is 0 Å². The molecule has 0 N–H and O–H groups in total. The average Bonchev–Trinajstić information content (AvgIpc) is 0. The third kappa shape index (κ3) is 1110. The SMILES string of the molecule is [N-3].[N-3].[N-3].[N-3].[N-3].[N-3].[N-3].[N-3].[N-3].[N-3].[N-3].[N-3].[N-3].[N-3].[N-3].[N-3].[N-3].[N-3].[N-3].[N-3].[N-3].[N-3].[N-3].[N-3].[Ru+4].[Ru+4].[Ru+4].[Ru+4].[Ru+4].[Ru+4].[Ru+4].[Ru+4].[Ru+4].[Ru+4].[Ru+4].[Ru+4].[Ru+4].[Ru+4].[Ru+4].[Ru+4].[Ru+4].[Ru+4].[Ru+4].[Ru+4]. The molecule has 0 aliphatic carbocycles. The van der Waals surface area contributed by atoms with E-state index in [-0.39, 0.29) is 537 Å². The summed E-state index contributed by atoms with van der Waals surface area (Å²) in [5.41, 5.74) is 0. The van der Waals surface area contributed by atoms with Crippen molar-refractivity contribution in [1.82, 2.24) is 0 Å². The average molecular weight is 2360 g/mol. The molecule has 0 unspecified atom stereocenters. The maximum absolute atomic E-state index is 0. The van der Waals surface area contributed by atoms with Crippen molar-refractivity contribution in [2.45, 2.75) is 0 Å². The predicted molar refractivity (Wildman–Crippen MR) is 80.6 cm³/mol. The van der Waals surface area contributed by atoms with Crippen LogP contribution >= 0.6 is 0 Å².